The van der Waals surface area contributed by atoms with E-state index in [2.05, 4.69) is 0 Å². The van der Waals surface area contributed by atoms with Crippen molar-refractivity contribution in [2.24, 2.45) is 11.1 Å². The van der Waals surface area contributed by atoms with Crippen LogP contribution in [0.15, 0.2) is 18.2 Å². The summed E-state index contributed by atoms with van der Waals surface area (Å²) in [6.45, 7) is 5.29. The van der Waals surface area contributed by atoms with Crippen molar-refractivity contribution >= 4 is 11.8 Å². The van der Waals surface area contributed by atoms with Crippen LogP contribution in [-0.4, -0.2) is 28.0 Å². The third kappa shape index (κ3) is 3.79. The Hall–Kier alpha value is -1.88. The number of ketones is 1. The average Bonchev–Trinajstić information content (AvgIpc) is 2.29. The Morgan fingerprint density at radius 3 is 2.37 bits per heavy atom. The van der Waals surface area contributed by atoms with Crippen molar-refractivity contribution in [3.63, 3.8) is 0 Å². The lowest BCUT2D eigenvalue weighted by atomic mass is 9.83. The second-order valence-corrected chi connectivity index (χ2v) is 5.57. The Bertz CT molecular complexity index is 503. The normalized spacial score (nSPS) is 13.1. The summed E-state index contributed by atoms with van der Waals surface area (Å²) in [6.07, 6.45) is 0.0484. The molecule has 104 valence electrons. The number of carboxylic acids is 1. The number of hydrogen-bond donors (Lipinski definition) is 3. The van der Waals surface area contributed by atoms with Gasteiger partial charge in [-0.2, -0.15) is 0 Å². The summed E-state index contributed by atoms with van der Waals surface area (Å²) >= 11 is 0. The van der Waals surface area contributed by atoms with Gasteiger partial charge in [-0.1, -0.05) is 26.8 Å². The molecule has 19 heavy (non-hydrogen) atoms. The largest absolute Gasteiger partial charge is 0.508 e. The number of phenols is 1. The summed E-state index contributed by atoms with van der Waals surface area (Å²) in [5.41, 5.74) is 5.73. The maximum Gasteiger partial charge on any atom is 0.320 e. The summed E-state index contributed by atoms with van der Waals surface area (Å²) in [4.78, 5) is 23.1. The minimum absolute atomic E-state index is 0.0275. The number of rotatable bonds is 4. The number of aliphatic carboxylic acids is 1. The van der Waals surface area contributed by atoms with E-state index in [1.165, 1.54) is 18.2 Å². The molecular formula is C14H19NO4. The first-order valence-electron chi connectivity index (χ1n) is 5.98. The third-order valence-electron chi connectivity index (χ3n) is 2.78. The molecule has 5 nitrogen and oxygen atoms in total. The molecule has 4 N–H and O–H groups in total. The molecular weight excluding hydrogens is 246 g/mol. The number of carbonyl (C=O) groups excluding carboxylic acids is 1. The zero-order valence-corrected chi connectivity index (χ0v) is 11.3. The number of Topliss-reactive ketones (excluding diaryl/α,β-unsaturated/α-hetero) is 1. The van der Waals surface area contributed by atoms with E-state index in [4.69, 9.17) is 10.8 Å². The number of carbonyl (C=O) groups is 2. The van der Waals surface area contributed by atoms with Crippen LogP contribution in [0.5, 0.6) is 5.75 Å². The minimum atomic E-state index is -1.12. The third-order valence-corrected chi connectivity index (χ3v) is 2.78. The minimum Gasteiger partial charge on any atom is -0.508 e. The fourth-order valence-corrected chi connectivity index (χ4v) is 1.68. The van der Waals surface area contributed by atoms with Gasteiger partial charge in [0.05, 0.1) is 0 Å². The lowest BCUT2D eigenvalue weighted by Gasteiger charge is -2.20. The van der Waals surface area contributed by atoms with Gasteiger partial charge in [0.1, 0.15) is 11.8 Å². The highest BCUT2D eigenvalue weighted by Gasteiger charge is 2.26. The van der Waals surface area contributed by atoms with Crippen LogP contribution in [0.25, 0.3) is 0 Å². The molecule has 0 aliphatic heterocycles. The van der Waals surface area contributed by atoms with Gasteiger partial charge in [0.15, 0.2) is 5.78 Å². The summed E-state index contributed by atoms with van der Waals surface area (Å²) in [5.74, 6) is -1.31. The molecule has 1 aromatic carbocycles. The first-order chi connectivity index (χ1) is 8.62. The number of nitrogens with two attached hydrogens (primary N) is 1. The van der Waals surface area contributed by atoms with Gasteiger partial charge in [-0.25, -0.2) is 0 Å². The second kappa shape index (κ2) is 5.40. The Balaban J connectivity index is 3.19. The molecule has 0 heterocycles. The Kier molecular flexibility index (Phi) is 4.32. The van der Waals surface area contributed by atoms with Crippen LogP contribution >= 0.6 is 0 Å². The maximum absolute atomic E-state index is 12.3. The number of hydrogen-bond acceptors (Lipinski definition) is 4. The second-order valence-electron chi connectivity index (χ2n) is 5.57. The number of aromatic hydroxyl groups is 1. The molecule has 0 aliphatic rings. The predicted molar refractivity (Wildman–Crippen MR) is 71.2 cm³/mol. The fourth-order valence-electron chi connectivity index (χ4n) is 1.68. The van der Waals surface area contributed by atoms with Gasteiger partial charge in [-0.15, -0.1) is 0 Å². The van der Waals surface area contributed by atoms with E-state index in [0.29, 0.717) is 11.1 Å². The van der Waals surface area contributed by atoms with Crippen LogP contribution in [0.1, 0.15) is 36.7 Å². The van der Waals surface area contributed by atoms with Crippen LogP contribution in [0.3, 0.4) is 0 Å². The molecule has 0 amide bonds. The number of benzene rings is 1. The Morgan fingerprint density at radius 2 is 1.89 bits per heavy atom. The van der Waals surface area contributed by atoms with E-state index in [-0.39, 0.29) is 18.0 Å². The lowest BCUT2D eigenvalue weighted by Crippen LogP contribution is -2.33. The molecule has 5 heteroatoms. The maximum atomic E-state index is 12.3. The predicted octanol–water partition coefficient (Wildman–Crippen LogP) is 1.58. The molecule has 0 aromatic heterocycles. The molecule has 0 bridgehead atoms. The van der Waals surface area contributed by atoms with E-state index in [0.717, 1.165) is 0 Å². The van der Waals surface area contributed by atoms with Crippen molar-refractivity contribution in [1.29, 1.82) is 0 Å². The molecule has 1 atom stereocenters. The van der Waals surface area contributed by atoms with Gasteiger partial charge < -0.3 is 15.9 Å². The number of phenolic OH excluding ortho intramolecular Hbond substituents is 1. The van der Waals surface area contributed by atoms with Crippen molar-refractivity contribution in [1.82, 2.24) is 0 Å². The molecule has 0 aliphatic carbocycles. The Labute approximate surface area is 112 Å². The highest BCUT2D eigenvalue weighted by molar-refractivity contribution is 6.01. The van der Waals surface area contributed by atoms with Crippen molar-refractivity contribution in [3.8, 4) is 5.75 Å². The average molecular weight is 265 g/mol. The van der Waals surface area contributed by atoms with Crippen molar-refractivity contribution in [3.05, 3.63) is 29.3 Å². The van der Waals surface area contributed by atoms with Gasteiger partial charge in [0.25, 0.3) is 0 Å². The molecule has 0 fully saturated rings. The van der Waals surface area contributed by atoms with Gasteiger partial charge >= 0.3 is 5.97 Å². The summed E-state index contributed by atoms with van der Waals surface area (Å²) < 4.78 is 0. The van der Waals surface area contributed by atoms with Crippen LogP contribution in [0.4, 0.5) is 0 Å². The highest BCUT2D eigenvalue weighted by atomic mass is 16.4. The van der Waals surface area contributed by atoms with E-state index < -0.39 is 17.4 Å². The number of carboxylic acid groups (broad SMARTS) is 1. The molecule has 0 saturated heterocycles. The van der Waals surface area contributed by atoms with E-state index >= 15 is 0 Å². The first kappa shape index (κ1) is 15.2. The molecule has 1 rings (SSSR count). The molecule has 0 saturated carbocycles. The van der Waals surface area contributed by atoms with Gasteiger partial charge in [-0.05, 0) is 24.1 Å². The van der Waals surface area contributed by atoms with Crippen molar-refractivity contribution < 1.29 is 19.8 Å². The van der Waals surface area contributed by atoms with Crippen LogP contribution in [-0.2, 0) is 11.2 Å². The molecule has 0 spiro atoms. The quantitative estimate of drug-likeness (QED) is 0.717. The van der Waals surface area contributed by atoms with Crippen molar-refractivity contribution in [2.75, 3.05) is 0 Å². The smallest absolute Gasteiger partial charge is 0.320 e. The Morgan fingerprint density at radius 1 is 1.32 bits per heavy atom. The fraction of sp³-hybridized carbons (Fsp3) is 0.429. The van der Waals surface area contributed by atoms with E-state index in [1.807, 2.05) is 0 Å². The zero-order valence-electron chi connectivity index (χ0n) is 11.3. The summed E-state index contributed by atoms with van der Waals surface area (Å²) in [5, 5.41) is 18.3. The molecule has 0 radical (unpaired) electrons. The zero-order chi connectivity index (χ0) is 14.8. The van der Waals surface area contributed by atoms with Gasteiger partial charge in [0.2, 0.25) is 0 Å². The van der Waals surface area contributed by atoms with Crippen molar-refractivity contribution in [2.45, 2.75) is 33.2 Å². The van der Waals surface area contributed by atoms with E-state index in [1.54, 1.807) is 20.8 Å². The van der Waals surface area contributed by atoms with Crippen LogP contribution in [0, 0.1) is 5.41 Å². The van der Waals surface area contributed by atoms with Crippen LogP contribution in [0.2, 0.25) is 0 Å². The van der Waals surface area contributed by atoms with Gasteiger partial charge in [-0.3, -0.25) is 9.59 Å². The van der Waals surface area contributed by atoms with Crippen LogP contribution < -0.4 is 5.73 Å². The topological polar surface area (TPSA) is 101 Å². The van der Waals surface area contributed by atoms with E-state index in [9.17, 15) is 14.7 Å². The summed E-state index contributed by atoms with van der Waals surface area (Å²) in [7, 11) is 0. The molecule has 1 aromatic rings. The summed E-state index contributed by atoms with van der Waals surface area (Å²) in [6, 6.07) is 3.24. The molecule has 0 unspecified atom stereocenters. The van der Waals surface area contributed by atoms with Gasteiger partial charge in [0, 0.05) is 11.0 Å². The standard InChI is InChI=1S/C14H19NO4/c1-14(2,3)12(17)10-7-9(16)5-4-8(10)6-11(15)13(18)19/h4-5,7,11,16H,6,15H2,1-3H3,(H,18,19)/t11-/m0/s1. The lowest BCUT2D eigenvalue weighted by molar-refractivity contribution is -0.138. The monoisotopic (exact) mass is 265 g/mol. The SMILES string of the molecule is CC(C)(C)C(=O)c1cc(O)ccc1C[C@H](N)C(=O)O. The highest BCUT2D eigenvalue weighted by Crippen LogP contribution is 2.26. The first-order valence-corrected chi connectivity index (χ1v) is 5.98.